The first kappa shape index (κ1) is 21.2. The van der Waals surface area contributed by atoms with Gasteiger partial charge in [0.15, 0.2) is 5.96 Å². The van der Waals surface area contributed by atoms with Crippen molar-refractivity contribution < 1.29 is 13.9 Å². The van der Waals surface area contributed by atoms with E-state index in [1.165, 1.54) is 0 Å². The fraction of sp³-hybridized carbons (Fsp3) is 0.706. The highest BCUT2D eigenvalue weighted by Gasteiger charge is 2.14. The normalized spacial score (nSPS) is 17.5. The lowest BCUT2D eigenvalue weighted by molar-refractivity contribution is 0.117. The van der Waals surface area contributed by atoms with Crippen molar-refractivity contribution >= 4 is 29.9 Å². The number of hydrogen-bond donors (Lipinski definition) is 2. The molecule has 1 aromatic heterocycles. The number of nitrogens with one attached hydrogen (secondary N) is 2. The Morgan fingerprint density at radius 1 is 1.38 bits per heavy atom. The van der Waals surface area contributed by atoms with Crippen LogP contribution in [0, 0.1) is 0 Å². The molecule has 1 fully saturated rings. The van der Waals surface area contributed by atoms with E-state index < -0.39 is 0 Å². The zero-order valence-corrected chi connectivity index (χ0v) is 16.8. The van der Waals surface area contributed by atoms with Crippen LogP contribution in [0.4, 0.5) is 0 Å². The number of guanidine groups is 1. The van der Waals surface area contributed by atoms with Crippen molar-refractivity contribution in [2.75, 3.05) is 39.5 Å². The predicted molar refractivity (Wildman–Crippen MR) is 106 cm³/mol. The number of rotatable bonds is 10. The van der Waals surface area contributed by atoms with E-state index in [4.69, 9.17) is 13.9 Å². The number of aliphatic imine (C=N–C) groups is 1. The SMILES string of the molecule is CCOCCCNC(=NCC1CCCO1)NCCc1ccco1.I. The maximum absolute atomic E-state index is 5.63. The van der Waals surface area contributed by atoms with E-state index in [1.807, 2.05) is 19.1 Å². The minimum absolute atomic E-state index is 0. The molecule has 1 unspecified atom stereocenters. The molecule has 0 aliphatic carbocycles. The summed E-state index contributed by atoms with van der Waals surface area (Å²) in [4.78, 5) is 4.64. The topological polar surface area (TPSA) is 68.0 Å². The Kier molecular flexibility index (Phi) is 11.9. The van der Waals surface area contributed by atoms with Crippen LogP contribution in [0.15, 0.2) is 27.8 Å². The van der Waals surface area contributed by atoms with Crippen molar-refractivity contribution in [2.24, 2.45) is 4.99 Å². The van der Waals surface area contributed by atoms with Crippen LogP contribution in [0.3, 0.4) is 0 Å². The molecule has 138 valence electrons. The Morgan fingerprint density at radius 2 is 2.25 bits per heavy atom. The highest BCUT2D eigenvalue weighted by molar-refractivity contribution is 14.0. The van der Waals surface area contributed by atoms with Gasteiger partial charge in [0.05, 0.1) is 18.9 Å². The van der Waals surface area contributed by atoms with Crippen LogP contribution < -0.4 is 10.6 Å². The third-order valence-electron chi connectivity index (χ3n) is 3.68. The summed E-state index contributed by atoms with van der Waals surface area (Å²) in [7, 11) is 0. The molecule has 1 aliphatic heterocycles. The molecular weight excluding hydrogens is 421 g/mol. The van der Waals surface area contributed by atoms with Gasteiger partial charge in [-0.2, -0.15) is 0 Å². The molecule has 0 saturated carbocycles. The Balaban J connectivity index is 0.00000288. The molecule has 0 aromatic carbocycles. The smallest absolute Gasteiger partial charge is 0.191 e. The monoisotopic (exact) mass is 451 g/mol. The van der Waals surface area contributed by atoms with Crippen molar-refractivity contribution in [2.45, 2.75) is 38.7 Å². The molecule has 1 aromatic rings. The second kappa shape index (κ2) is 13.5. The summed E-state index contributed by atoms with van der Waals surface area (Å²) in [5.74, 6) is 1.82. The van der Waals surface area contributed by atoms with E-state index in [9.17, 15) is 0 Å². The number of hydrogen-bond acceptors (Lipinski definition) is 4. The molecule has 0 spiro atoms. The number of halogens is 1. The molecule has 1 aliphatic rings. The van der Waals surface area contributed by atoms with E-state index in [2.05, 4.69) is 15.6 Å². The fourth-order valence-corrected chi connectivity index (χ4v) is 2.44. The van der Waals surface area contributed by atoms with Crippen LogP contribution in [0.25, 0.3) is 0 Å². The van der Waals surface area contributed by atoms with Crippen molar-refractivity contribution in [3.8, 4) is 0 Å². The van der Waals surface area contributed by atoms with E-state index in [-0.39, 0.29) is 30.1 Å². The lowest BCUT2D eigenvalue weighted by Gasteiger charge is -2.13. The Bertz CT molecular complexity index is 434. The maximum atomic E-state index is 5.63. The summed E-state index contributed by atoms with van der Waals surface area (Å²) in [6.45, 7) is 6.76. The van der Waals surface area contributed by atoms with Gasteiger partial charge in [0.1, 0.15) is 5.76 Å². The van der Waals surface area contributed by atoms with Gasteiger partial charge >= 0.3 is 0 Å². The van der Waals surface area contributed by atoms with Gasteiger partial charge in [-0.3, -0.25) is 4.99 Å². The van der Waals surface area contributed by atoms with Crippen LogP contribution in [0.2, 0.25) is 0 Å². The third-order valence-corrected chi connectivity index (χ3v) is 3.68. The molecule has 2 N–H and O–H groups in total. The molecule has 1 saturated heterocycles. The van der Waals surface area contributed by atoms with Gasteiger partial charge in [-0.25, -0.2) is 0 Å². The highest BCUT2D eigenvalue weighted by atomic mass is 127. The second-order valence-electron chi connectivity index (χ2n) is 5.56. The molecule has 1 atom stereocenters. The van der Waals surface area contributed by atoms with E-state index >= 15 is 0 Å². The highest BCUT2D eigenvalue weighted by Crippen LogP contribution is 2.11. The first-order chi connectivity index (χ1) is 11.4. The van der Waals surface area contributed by atoms with Crippen LogP contribution in [0.5, 0.6) is 0 Å². The molecule has 0 bridgehead atoms. The zero-order valence-electron chi connectivity index (χ0n) is 14.5. The van der Waals surface area contributed by atoms with Crippen LogP contribution in [-0.2, 0) is 15.9 Å². The first-order valence-electron chi connectivity index (χ1n) is 8.62. The Labute approximate surface area is 161 Å². The van der Waals surface area contributed by atoms with E-state index in [1.54, 1.807) is 6.26 Å². The molecular formula is C17H30IN3O3. The van der Waals surface area contributed by atoms with Gasteiger partial charge < -0.3 is 24.5 Å². The van der Waals surface area contributed by atoms with Gasteiger partial charge in [-0.05, 0) is 38.3 Å². The Hall–Kier alpha value is -0.800. The standard InChI is InChI=1S/C17H29N3O3.HI/c1-2-21-11-5-9-18-17(20-14-16-7-4-13-23-16)19-10-8-15-6-3-12-22-15;/h3,6,12,16H,2,4-5,7-11,13-14H2,1H3,(H2,18,19,20);1H. The van der Waals surface area contributed by atoms with Gasteiger partial charge in [0.2, 0.25) is 0 Å². The summed E-state index contributed by atoms with van der Waals surface area (Å²) >= 11 is 0. The van der Waals surface area contributed by atoms with Gasteiger partial charge in [0.25, 0.3) is 0 Å². The third kappa shape index (κ3) is 8.89. The van der Waals surface area contributed by atoms with Crippen molar-refractivity contribution in [1.29, 1.82) is 0 Å². The quantitative estimate of drug-likeness (QED) is 0.248. The first-order valence-corrected chi connectivity index (χ1v) is 8.62. The van der Waals surface area contributed by atoms with E-state index in [0.717, 1.165) is 70.3 Å². The van der Waals surface area contributed by atoms with Crippen LogP contribution in [0.1, 0.15) is 31.9 Å². The molecule has 2 heterocycles. The van der Waals surface area contributed by atoms with Gasteiger partial charge in [-0.15, -0.1) is 24.0 Å². The predicted octanol–water partition coefficient (Wildman–Crippen LogP) is 2.58. The van der Waals surface area contributed by atoms with Crippen molar-refractivity contribution in [3.05, 3.63) is 24.2 Å². The van der Waals surface area contributed by atoms with Crippen molar-refractivity contribution in [3.63, 3.8) is 0 Å². The lowest BCUT2D eigenvalue weighted by atomic mass is 10.2. The van der Waals surface area contributed by atoms with Crippen molar-refractivity contribution in [1.82, 2.24) is 10.6 Å². The average Bonchev–Trinajstić information content (AvgIpc) is 3.25. The van der Waals surface area contributed by atoms with Crippen LogP contribution >= 0.6 is 24.0 Å². The summed E-state index contributed by atoms with van der Waals surface area (Å²) in [5, 5.41) is 6.71. The molecule has 6 nitrogen and oxygen atoms in total. The summed E-state index contributed by atoms with van der Waals surface area (Å²) in [6.07, 6.45) is 6.02. The fourth-order valence-electron chi connectivity index (χ4n) is 2.44. The van der Waals surface area contributed by atoms with E-state index in [0.29, 0.717) is 6.54 Å². The zero-order chi connectivity index (χ0) is 16.2. The summed E-state index contributed by atoms with van der Waals surface area (Å²) in [6, 6.07) is 3.90. The summed E-state index contributed by atoms with van der Waals surface area (Å²) in [5.41, 5.74) is 0. The van der Waals surface area contributed by atoms with Gasteiger partial charge in [-0.1, -0.05) is 0 Å². The lowest BCUT2D eigenvalue weighted by Crippen LogP contribution is -2.39. The maximum Gasteiger partial charge on any atom is 0.191 e. The number of ether oxygens (including phenoxy) is 2. The minimum Gasteiger partial charge on any atom is -0.469 e. The molecule has 7 heteroatoms. The van der Waals surface area contributed by atoms with Crippen LogP contribution in [-0.4, -0.2) is 51.5 Å². The molecule has 0 amide bonds. The largest absolute Gasteiger partial charge is 0.469 e. The summed E-state index contributed by atoms with van der Waals surface area (Å²) < 4.78 is 16.3. The molecule has 2 rings (SSSR count). The van der Waals surface area contributed by atoms with Gasteiger partial charge in [0, 0.05) is 39.3 Å². The molecule has 24 heavy (non-hydrogen) atoms. The average molecular weight is 451 g/mol. The number of furan rings is 1. The molecule has 0 radical (unpaired) electrons. The Morgan fingerprint density at radius 3 is 2.96 bits per heavy atom. The second-order valence-corrected chi connectivity index (χ2v) is 5.56. The minimum atomic E-state index is 0. The number of nitrogens with zero attached hydrogens (tertiary/aromatic N) is 1.